The lowest BCUT2D eigenvalue weighted by atomic mass is 9.92. The highest BCUT2D eigenvalue weighted by Crippen LogP contribution is 2.24. The van der Waals surface area contributed by atoms with Gasteiger partial charge in [-0.3, -0.25) is 9.69 Å². The molecule has 0 aliphatic heterocycles. The minimum absolute atomic E-state index is 0.0967. The van der Waals surface area contributed by atoms with Crippen molar-refractivity contribution in [1.29, 1.82) is 0 Å². The Hall–Kier alpha value is -1.66. The number of halogens is 1. The molecule has 0 spiro atoms. The van der Waals surface area contributed by atoms with Crippen molar-refractivity contribution in [1.82, 2.24) is 9.88 Å². The summed E-state index contributed by atoms with van der Waals surface area (Å²) in [6.45, 7) is 5.66. The average Bonchev–Trinajstić information content (AvgIpc) is 2.98. The Bertz CT molecular complexity index is 636. The number of hydrogen-bond donors (Lipinski definition) is 0. The van der Waals surface area contributed by atoms with Crippen LogP contribution >= 0.6 is 15.9 Å². The van der Waals surface area contributed by atoms with E-state index in [1.54, 1.807) is 23.2 Å². The second-order valence-electron chi connectivity index (χ2n) is 6.61. The first-order chi connectivity index (χ1) is 10.8. The maximum absolute atomic E-state index is 12.8. The molecule has 0 radical (unpaired) electrons. The number of hydrogen-bond acceptors (Lipinski definition) is 4. The average molecular weight is 380 g/mol. The van der Waals surface area contributed by atoms with Crippen LogP contribution in [0.2, 0.25) is 0 Å². The van der Waals surface area contributed by atoms with E-state index in [2.05, 4.69) is 39.7 Å². The van der Waals surface area contributed by atoms with Gasteiger partial charge in [0.1, 0.15) is 5.82 Å². The summed E-state index contributed by atoms with van der Waals surface area (Å²) in [5.74, 6) is 0.744. The van der Waals surface area contributed by atoms with Crippen molar-refractivity contribution < 1.29 is 9.21 Å². The zero-order valence-electron chi connectivity index (χ0n) is 13.9. The Morgan fingerprint density at radius 2 is 2.00 bits per heavy atom. The summed E-state index contributed by atoms with van der Waals surface area (Å²) in [5, 5.41) is 0. The predicted molar refractivity (Wildman–Crippen MR) is 94.7 cm³/mol. The summed E-state index contributed by atoms with van der Waals surface area (Å²) < 4.78 is 6.15. The van der Waals surface area contributed by atoms with E-state index in [-0.39, 0.29) is 11.3 Å². The maximum Gasteiger partial charge on any atom is 0.295 e. The number of carbonyl (C=O) groups is 1. The lowest BCUT2D eigenvalue weighted by Gasteiger charge is -2.33. The summed E-state index contributed by atoms with van der Waals surface area (Å²) in [6.07, 6.45) is 3.20. The van der Waals surface area contributed by atoms with Crippen LogP contribution in [0.25, 0.3) is 0 Å². The highest BCUT2D eigenvalue weighted by Gasteiger charge is 2.29. The fraction of sp³-hybridized carbons (Fsp3) is 0.412. The van der Waals surface area contributed by atoms with Crippen molar-refractivity contribution >= 4 is 27.7 Å². The molecule has 1 amide bonds. The van der Waals surface area contributed by atoms with Crippen molar-refractivity contribution in [3.05, 3.63) is 47.0 Å². The van der Waals surface area contributed by atoms with Crippen LogP contribution in [0.5, 0.6) is 0 Å². The quantitative estimate of drug-likeness (QED) is 0.767. The van der Waals surface area contributed by atoms with Crippen molar-refractivity contribution in [2.45, 2.75) is 13.8 Å². The van der Waals surface area contributed by atoms with Gasteiger partial charge in [-0.1, -0.05) is 13.8 Å². The molecule has 0 unspecified atom stereocenters. The van der Waals surface area contributed by atoms with Crippen LogP contribution in [-0.4, -0.2) is 43.0 Å². The third-order valence-corrected chi connectivity index (χ3v) is 3.76. The Morgan fingerprint density at radius 1 is 1.26 bits per heavy atom. The SMILES string of the molecule is CN(C)CC(C)(C)CN(C(=O)c1ccco1)c1ccc(Br)cn1. The van der Waals surface area contributed by atoms with Crippen molar-refractivity contribution in [3.63, 3.8) is 0 Å². The van der Waals surface area contributed by atoms with E-state index >= 15 is 0 Å². The fourth-order valence-corrected chi connectivity index (χ4v) is 2.89. The van der Waals surface area contributed by atoms with E-state index in [0.29, 0.717) is 18.1 Å². The van der Waals surface area contributed by atoms with Crippen LogP contribution in [0.15, 0.2) is 45.6 Å². The number of amides is 1. The van der Waals surface area contributed by atoms with Crippen LogP contribution in [0.4, 0.5) is 5.82 Å². The molecular formula is C17H22BrN3O2. The van der Waals surface area contributed by atoms with E-state index in [0.717, 1.165) is 11.0 Å². The van der Waals surface area contributed by atoms with Crippen molar-refractivity contribution in [2.75, 3.05) is 32.1 Å². The predicted octanol–water partition coefficient (Wildman–Crippen LogP) is 3.67. The molecule has 2 heterocycles. The fourth-order valence-electron chi connectivity index (χ4n) is 2.65. The summed E-state index contributed by atoms with van der Waals surface area (Å²) >= 11 is 3.37. The van der Waals surface area contributed by atoms with Gasteiger partial charge in [-0.15, -0.1) is 0 Å². The Balaban J connectivity index is 2.31. The number of furan rings is 1. The lowest BCUT2D eigenvalue weighted by Crippen LogP contribution is -2.43. The molecule has 2 aromatic rings. The molecule has 6 heteroatoms. The first kappa shape index (κ1) is 17.7. The molecule has 0 saturated carbocycles. The number of aromatic nitrogens is 1. The number of pyridine rings is 1. The number of rotatable bonds is 6. The van der Waals surface area contributed by atoms with Crippen LogP contribution in [0.3, 0.4) is 0 Å². The molecule has 0 bridgehead atoms. The summed E-state index contributed by atoms with van der Waals surface area (Å²) in [5.41, 5.74) is -0.0967. The Morgan fingerprint density at radius 3 is 2.52 bits per heavy atom. The molecule has 0 aliphatic rings. The van der Waals surface area contributed by atoms with Gasteiger partial charge in [0.05, 0.1) is 6.26 Å². The van der Waals surface area contributed by atoms with Gasteiger partial charge < -0.3 is 9.32 Å². The molecule has 0 aliphatic carbocycles. The van der Waals surface area contributed by atoms with Crippen molar-refractivity contribution in [2.24, 2.45) is 5.41 Å². The van der Waals surface area contributed by atoms with Gasteiger partial charge in [-0.2, -0.15) is 0 Å². The van der Waals surface area contributed by atoms with Gasteiger partial charge in [-0.05, 0) is 59.7 Å². The molecule has 23 heavy (non-hydrogen) atoms. The molecule has 0 fully saturated rings. The first-order valence-corrected chi connectivity index (χ1v) is 8.19. The van der Waals surface area contributed by atoms with Crippen LogP contribution in [0, 0.1) is 5.41 Å². The highest BCUT2D eigenvalue weighted by atomic mass is 79.9. The standard InChI is InChI=1S/C17H22BrN3O2/c1-17(2,11-20(3)4)12-21(15-8-7-13(18)10-19-15)16(22)14-6-5-9-23-14/h5-10H,11-12H2,1-4H3. The number of carbonyl (C=O) groups excluding carboxylic acids is 1. The summed E-state index contributed by atoms with van der Waals surface area (Å²) in [6, 6.07) is 7.10. The molecule has 124 valence electrons. The smallest absolute Gasteiger partial charge is 0.295 e. The van der Waals surface area contributed by atoms with E-state index < -0.39 is 0 Å². The molecular weight excluding hydrogens is 358 g/mol. The zero-order chi connectivity index (χ0) is 17.0. The van der Waals surface area contributed by atoms with Gasteiger partial charge in [0, 0.05) is 23.8 Å². The molecule has 0 saturated heterocycles. The first-order valence-electron chi connectivity index (χ1n) is 7.40. The van der Waals surface area contributed by atoms with E-state index in [1.807, 2.05) is 26.2 Å². The van der Waals surface area contributed by atoms with Gasteiger partial charge >= 0.3 is 0 Å². The van der Waals surface area contributed by atoms with E-state index in [9.17, 15) is 4.79 Å². The molecule has 5 nitrogen and oxygen atoms in total. The second-order valence-corrected chi connectivity index (χ2v) is 7.52. The largest absolute Gasteiger partial charge is 0.459 e. The molecule has 0 N–H and O–H groups in total. The van der Waals surface area contributed by atoms with Crippen LogP contribution < -0.4 is 4.90 Å². The minimum Gasteiger partial charge on any atom is -0.459 e. The lowest BCUT2D eigenvalue weighted by molar-refractivity contribution is 0.0943. The third kappa shape index (κ3) is 4.91. The van der Waals surface area contributed by atoms with E-state index in [4.69, 9.17) is 4.42 Å². The molecule has 2 aromatic heterocycles. The van der Waals surface area contributed by atoms with Gasteiger partial charge in [0.15, 0.2) is 5.76 Å². The topological polar surface area (TPSA) is 49.6 Å². The van der Waals surface area contributed by atoms with Gasteiger partial charge in [-0.25, -0.2) is 4.98 Å². The maximum atomic E-state index is 12.8. The molecule has 0 atom stereocenters. The highest BCUT2D eigenvalue weighted by molar-refractivity contribution is 9.10. The number of anilines is 1. The monoisotopic (exact) mass is 379 g/mol. The molecule has 2 rings (SSSR count). The van der Waals surface area contributed by atoms with Gasteiger partial charge in [0.2, 0.25) is 0 Å². The van der Waals surface area contributed by atoms with E-state index in [1.165, 1.54) is 6.26 Å². The Kier molecular flexibility index (Phi) is 5.59. The summed E-state index contributed by atoms with van der Waals surface area (Å²) in [7, 11) is 4.05. The number of nitrogens with zero attached hydrogens (tertiary/aromatic N) is 3. The molecule has 0 aromatic carbocycles. The minimum atomic E-state index is -0.184. The summed E-state index contributed by atoms with van der Waals surface area (Å²) in [4.78, 5) is 21.0. The second kappa shape index (κ2) is 7.27. The Labute approximate surface area is 145 Å². The normalized spacial score (nSPS) is 11.7. The van der Waals surface area contributed by atoms with Crippen molar-refractivity contribution in [3.8, 4) is 0 Å². The van der Waals surface area contributed by atoms with Crippen LogP contribution in [0.1, 0.15) is 24.4 Å². The van der Waals surface area contributed by atoms with Gasteiger partial charge in [0.25, 0.3) is 5.91 Å². The third-order valence-electron chi connectivity index (χ3n) is 3.30. The zero-order valence-corrected chi connectivity index (χ0v) is 15.5. The van der Waals surface area contributed by atoms with Crippen LogP contribution in [-0.2, 0) is 0 Å².